The zero-order valence-corrected chi connectivity index (χ0v) is 16.0. The number of nitrogens with zero attached hydrogens (tertiary/aromatic N) is 1. The number of rotatable bonds is 5. The summed E-state index contributed by atoms with van der Waals surface area (Å²) < 4.78 is 26.9. The molecule has 2 rings (SSSR count). The van der Waals surface area contributed by atoms with Gasteiger partial charge in [0.25, 0.3) is 0 Å². The van der Waals surface area contributed by atoms with Gasteiger partial charge in [0.1, 0.15) is 0 Å². The van der Waals surface area contributed by atoms with Crippen molar-refractivity contribution in [2.45, 2.75) is 51.0 Å². The molecule has 1 N–H and O–H groups in total. The number of piperidine rings is 1. The molecule has 1 heterocycles. The molecule has 1 amide bonds. The van der Waals surface area contributed by atoms with E-state index in [1.807, 2.05) is 20.8 Å². The predicted octanol–water partition coefficient (Wildman–Crippen LogP) is 2.96. The van der Waals surface area contributed by atoms with Crippen LogP contribution in [0.25, 0.3) is 0 Å². The van der Waals surface area contributed by atoms with Crippen molar-refractivity contribution >= 4 is 27.5 Å². The highest BCUT2D eigenvalue weighted by Gasteiger charge is 2.32. The van der Waals surface area contributed by atoms with Crippen molar-refractivity contribution in [1.29, 1.82) is 0 Å². The Kier molecular flexibility index (Phi) is 6.28. The summed E-state index contributed by atoms with van der Waals surface area (Å²) >= 11 is 6.05. The molecule has 0 radical (unpaired) electrons. The fourth-order valence-electron chi connectivity index (χ4n) is 2.70. The van der Waals surface area contributed by atoms with Crippen LogP contribution in [-0.4, -0.2) is 37.8 Å². The van der Waals surface area contributed by atoms with Crippen LogP contribution in [-0.2, 0) is 14.8 Å². The molecule has 1 aromatic rings. The zero-order chi connectivity index (χ0) is 17.9. The second-order valence-corrected chi connectivity index (χ2v) is 8.75. The summed E-state index contributed by atoms with van der Waals surface area (Å²) in [4.78, 5) is 12.4. The predicted molar refractivity (Wildman–Crippen MR) is 95.6 cm³/mol. The van der Waals surface area contributed by atoms with E-state index in [0.29, 0.717) is 31.0 Å². The number of halogens is 1. The molecule has 134 valence electrons. The molecule has 1 saturated heterocycles. The van der Waals surface area contributed by atoms with Crippen molar-refractivity contribution in [3.8, 4) is 0 Å². The van der Waals surface area contributed by atoms with Gasteiger partial charge in [-0.15, -0.1) is 0 Å². The number of hydrogen-bond donors (Lipinski definition) is 1. The van der Waals surface area contributed by atoms with Crippen molar-refractivity contribution in [2.75, 3.05) is 13.1 Å². The van der Waals surface area contributed by atoms with Crippen LogP contribution in [0.1, 0.15) is 38.7 Å². The summed E-state index contributed by atoms with van der Waals surface area (Å²) in [5, 5.41) is 3.42. The molecule has 1 aliphatic rings. The lowest BCUT2D eigenvalue weighted by molar-refractivity contribution is -0.126. The molecule has 0 unspecified atom stereocenters. The minimum Gasteiger partial charge on any atom is -0.353 e. The molecule has 1 fully saturated rings. The van der Waals surface area contributed by atoms with Gasteiger partial charge in [-0.2, -0.15) is 4.31 Å². The number of aryl methyl sites for hydroxylation is 1. The molecular formula is C17H25ClN2O3S. The van der Waals surface area contributed by atoms with Crippen LogP contribution in [0.4, 0.5) is 0 Å². The molecule has 0 aliphatic carbocycles. The van der Waals surface area contributed by atoms with E-state index in [1.54, 1.807) is 12.1 Å². The van der Waals surface area contributed by atoms with E-state index in [0.717, 1.165) is 12.0 Å². The first kappa shape index (κ1) is 19.2. The van der Waals surface area contributed by atoms with Crippen molar-refractivity contribution in [1.82, 2.24) is 9.62 Å². The lowest BCUT2D eigenvalue weighted by atomic mass is 9.97. The highest BCUT2D eigenvalue weighted by molar-refractivity contribution is 7.89. The average molecular weight is 373 g/mol. The van der Waals surface area contributed by atoms with Gasteiger partial charge in [-0.1, -0.05) is 24.6 Å². The highest BCUT2D eigenvalue weighted by atomic mass is 35.5. The fourth-order valence-corrected chi connectivity index (χ4v) is 4.45. The second kappa shape index (κ2) is 7.85. The summed E-state index contributed by atoms with van der Waals surface area (Å²) in [7, 11) is -3.56. The standard InChI is InChI=1S/C17H25ClN2O3S/c1-4-13(3)19-17(21)14-7-9-20(10-8-14)24(22,23)15-6-5-12(2)16(18)11-15/h5-6,11,13-14H,4,7-10H2,1-3H3,(H,19,21)/t13-/m1/s1. The Morgan fingerprint density at radius 2 is 2.00 bits per heavy atom. The van der Waals surface area contributed by atoms with E-state index in [1.165, 1.54) is 10.4 Å². The molecule has 1 aromatic carbocycles. The lowest BCUT2D eigenvalue weighted by Crippen LogP contribution is -2.44. The van der Waals surface area contributed by atoms with Crippen LogP contribution in [0.5, 0.6) is 0 Å². The number of carbonyl (C=O) groups is 1. The number of nitrogens with one attached hydrogen (secondary N) is 1. The molecular weight excluding hydrogens is 348 g/mol. The summed E-state index contributed by atoms with van der Waals surface area (Å²) in [6, 6.07) is 4.93. The van der Waals surface area contributed by atoms with Gasteiger partial charge in [0, 0.05) is 30.1 Å². The molecule has 0 bridgehead atoms. The van der Waals surface area contributed by atoms with E-state index in [4.69, 9.17) is 11.6 Å². The minimum atomic E-state index is -3.56. The quantitative estimate of drug-likeness (QED) is 0.864. The topological polar surface area (TPSA) is 66.5 Å². The molecule has 1 aliphatic heterocycles. The third-order valence-electron chi connectivity index (χ3n) is 4.61. The second-order valence-electron chi connectivity index (χ2n) is 6.41. The molecule has 0 saturated carbocycles. The highest BCUT2D eigenvalue weighted by Crippen LogP contribution is 2.26. The molecule has 5 nitrogen and oxygen atoms in total. The zero-order valence-electron chi connectivity index (χ0n) is 14.4. The summed E-state index contributed by atoms with van der Waals surface area (Å²) in [6.45, 7) is 6.53. The van der Waals surface area contributed by atoms with Crippen LogP contribution in [0.2, 0.25) is 5.02 Å². The summed E-state index contributed by atoms with van der Waals surface area (Å²) in [5.41, 5.74) is 0.844. The Morgan fingerprint density at radius 1 is 1.38 bits per heavy atom. The van der Waals surface area contributed by atoms with Crippen LogP contribution in [0, 0.1) is 12.8 Å². The number of carbonyl (C=O) groups excluding carboxylic acids is 1. The van der Waals surface area contributed by atoms with Crippen molar-refractivity contribution in [2.24, 2.45) is 5.92 Å². The lowest BCUT2D eigenvalue weighted by Gasteiger charge is -2.31. The van der Waals surface area contributed by atoms with Gasteiger partial charge in [-0.25, -0.2) is 8.42 Å². The third kappa shape index (κ3) is 4.29. The number of amides is 1. The number of benzene rings is 1. The Balaban J connectivity index is 2.03. The van der Waals surface area contributed by atoms with Gasteiger partial charge in [0.15, 0.2) is 0 Å². The number of hydrogen-bond acceptors (Lipinski definition) is 3. The Morgan fingerprint density at radius 3 is 2.54 bits per heavy atom. The number of sulfonamides is 1. The first-order valence-electron chi connectivity index (χ1n) is 8.32. The maximum Gasteiger partial charge on any atom is 0.243 e. The smallest absolute Gasteiger partial charge is 0.243 e. The van der Waals surface area contributed by atoms with Gasteiger partial charge < -0.3 is 5.32 Å². The molecule has 0 aromatic heterocycles. The monoisotopic (exact) mass is 372 g/mol. The van der Waals surface area contributed by atoms with E-state index in [2.05, 4.69) is 5.32 Å². The molecule has 24 heavy (non-hydrogen) atoms. The molecule has 7 heteroatoms. The first-order valence-corrected chi connectivity index (χ1v) is 10.1. The summed E-state index contributed by atoms with van der Waals surface area (Å²) in [5.74, 6) is -0.0909. The SMILES string of the molecule is CC[C@@H](C)NC(=O)C1CCN(S(=O)(=O)c2ccc(C)c(Cl)c2)CC1. The first-order chi connectivity index (χ1) is 11.3. The third-order valence-corrected chi connectivity index (χ3v) is 6.91. The Hall–Kier alpha value is -1.11. The molecule has 1 atom stereocenters. The van der Waals surface area contributed by atoms with Crippen molar-refractivity contribution in [3.63, 3.8) is 0 Å². The van der Waals surface area contributed by atoms with Crippen LogP contribution >= 0.6 is 11.6 Å². The van der Waals surface area contributed by atoms with E-state index in [9.17, 15) is 13.2 Å². The van der Waals surface area contributed by atoms with E-state index in [-0.39, 0.29) is 22.8 Å². The normalized spacial score (nSPS) is 18.3. The van der Waals surface area contributed by atoms with Gasteiger partial charge in [0.05, 0.1) is 4.90 Å². The van der Waals surface area contributed by atoms with Crippen molar-refractivity contribution < 1.29 is 13.2 Å². The minimum absolute atomic E-state index is 0.0276. The van der Waals surface area contributed by atoms with E-state index < -0.39 is 10.0 Å². The van der Waals surface area contributed by atoms with E-state index >= 15 is 0 Å². The molecule has 0 spiro atoms. The maximum atomic E-state index is 12.7. The van der Waals surface area contributed by atoms with Gasteiger partial charge >= 0.3 is 0 Å². The largest absolute Gasteiger partial charge is 0.353 e. The average Bonchev–Trinajstić information content (AvgIpc) is 2.57. The van der Waals surface area contributed by atoms with Gasteiger partial charge in [-0.05, 0) is 50.8 Å². The maximum absolute atomic E-state index is 12.7. The van der Waals surface area contributed by atoms with Gasteiger partial charge in [-0.3, -0.25) is 4.79 Å². The summed E-state index contributed by atoms with van der Waals surface area (Å²) in [6.07, 6.45) is 1.97. The van der Waals surface area contributed by atoms with Crippen LogP contribution in [0.15, 0.2) is 23.1 Å². The Labute approximate surface area is 149 Å². The fraction of sp³-hybridized carbons (Fsp3) is 0.588. The van der Waals surface area contributed by atoms with Crippen LogP contribution < -0.4 is 5.32 Å². The van der Waals surface area contributed by atoms with Crippen LogP contribution in [0.3, 0.4) is 0 Å². The van der Waals surface area contributed by atoms with Crippen molar-refractivity contribution in [3.05, 3.63) is 28.8 Å². The van der Waals surface area contributed by atoms with Gasteiger partial charge in [0.2, 0.25) is 15.9 Å². The Bertz CT molecular complexity index is 698.